The average Bonchev–Trinajstić information content (AvgIpc) is 2.07. The van der Waals surface area contributed by atoms with Gasteiger partial charge in [0, 0.05) is 25.7 Å². The third-order valence-electron chi connectivity index (χ3n) is 1.85. The van der Waals surface area contributed by atoms with E-state index in [2.05, 4.69) is 12.6 Å². The van der Waals surface area contributed by atoms with Gasteiger partial charge < -0.3 is 5.21 Å². The second-order valence-corrected chi connectivity index (χ2v) is 4.67. The molecule has 0 atom stereocenters. The minimum Gasteiger partial charge on any atom is -0.623 e. The van der Waals surface area contributed by atoms with E-state index in [0.29, 0.717) is 0 Å². The fourth-order valence-corrected chi connectivity index (χ4v) is 1.14. The van der Waals surface area contributed by atoms with E-state index in [1.54, 1.807) is 6.21 Å². The van der Waals surface area contributed by atoms with Gasteiger partial charge in [-0.15, -0.1) is 12.6 Å². The van der Waals surface area contributed by atoms with Crippen LogP contribution in [-0.4, -0.2) is 16.5 Å². The molecule has 0 radical (unpaired) electrons. The Morgan fingerprint density at radius 2 is 1.86 bits per heavy atom. The third-order valence-corrected chi connectivity index (χ3v) is 2.26. The van der Waals surface area contributed by atoms with Gasteiger partial charge in [-0.3, -0.25) is 0 Å². The van der Waals surface area contributed by atoms with Gasteiger partial charge in [0.15, 0.2) is 11.8 Å². The van der Waals surface area contributed by atoms with E-state index >= 15 is 0 Å². The summed E-state index contributed by atoms with van der Waals surface area (Å²) < 4.78 is 0.946. The molecule has 2 nitrogen and oxygen atoms in total. The predicted molar refractivity (Wildman–Crippen MR) is 62.2 cm³/mol. The van der Waals surface area contributed by atoms with Crippen LogP contribution in [0.25, 0.3) is 0 Å². The Morgan fingerprint density at radius 1 is 1.29 bits per heavy atom. The quantitative estimate of drug-likeness (QED) is 0.248. The summed E-state index contributed by atoms with van der Waals surface area (Å²) in [6.45, 7) is 5.62. The van der Waals surface area contributed by atoms with Crippen LogP contribution in [0.1, 0.15) is 26.3 Å². The van der Waals surface area contributed by atoms with Crippen LogP contribution in [0.5, 0.6) is 0 Å². The second kappa shape index (κ2) is 4.05. The van der Waals surface area contributed by atoms with E-state index < -0.39 is 5.54 Å². The maximum Gasteiger partial charge on any atom is 0.183 e. The van der Waals surface area contributed by atoms with Crippen LogP contribution in [0.3, 0.4) is 0 Å². The maximum atomic E-state index is 11.6. The highest BCUT2D eigenvalue weighted by atomic mass is 32.1. The number of benzene rings is 1. The normalized spacial score (nSPS) is 13.0. The SMILES string of the molecule is CC(C)(C)/[N+]([O-])=C/c1ccccc1S. The molecule has 0 saturated heterocycles. The third kappa shape index (κ3) is 2.77. The van der Waals surface area contributed by atoms with Gasteiger partial charge in [0.2, 0.25) is 0 Å². The van der Waals surface area contributed by atoms with Crippen LogP contribution in [0.4, 0.5) is 0 Å². The number of hydroxylamine groups is 1. The lowest BCUT2D eigenvalue weighted by atomic mass is 10.1. The zero-order chi connectivity index (χ0) is 10.8. The molecule has 0 amide bonds. The van der Waals surface area contributed by atoms with Crippen molar-refractivity contribution in [2.75, 3.05) is 0 Å². The van der Waals surface area contributed by atoms with Crippen molar-refractivity contribution in [3.05, 3.63) is 35.0 Å². The van der Waals surface area contributed by atoms with Crippen molar-refractivity contribution in [1.82, 2.24) is 0 Å². The molecule has 1 aromatic carbocycles. The summed E-state index contributed by atoms with van der Waals surface area (Å²) in [5.41, 5.74) is 0.441. The van der Waals surface area contributed by atoms with E-state index in [-0.39, 0.29) is 0 Å². The van der Waals surface area contributed by atoms with E-state index in [4.69, 9.17) is 0 Å². The standard InChI is InChI=1S/C11H15NOS/c1-11(2,3)12(13)8-9-6-4-5-7-10(9)14/h4-8,14H,1-3H3/b12-8-. The summed E-state index contributed by atoms with van der Waals surface area (Å²) in [4.78, 5) is 0.817. The molecule has 0 aliphatic carbocycles. The van der Waals surface area contributed by atoms with Gasteiger partial charge in [-0.1, -0.05) is 12.1 Å². The second-order valence-electron chi connectivity index (χ2n) is 4.18. The molecule has 14 heavy (non-hydrogen) atoms. The molecular formula is C11H15NOS. The molecule has 0 aliphatic rings. The van der Waals surface area contributed by atoms with Crippen molar-refractivity contribution in [2.24, 2.45) is 0 Å². The van der Waals surface area contributed by atoms with E-state index in [1.807, 2.05) is 45.0 Å². The van der Waals surface area contributed by atoms with Gasteiger partial charge in [-0.05, 0) is 12.1 Å². The first-order valence-electron chi connectivity index (χ1n) is 4.50. The number of rotatable bonds is 1. The smallest absolute Gasteiger partial charge is 0.183 e. The first-order valence-corrected chi connectivity index (χ1v) is 4.95. The molecule has 0 aliphatic heterocycles. The summed E-state index contributed by atoms with van der Waals surface area (Å²) in [7, 11) is 0. The Hall–Kier alpha value is -0.960. The Bertz CT molecular complexity index is 353. The molecule has 1 aromatic rings. The number of nitrogens with zero attached hydrogens (tertiary/aromatic N) is 1. The highest BCUT2D eigenvalue weighted by molar-refractivity contribution is 7.80. The van der Waals surface area contributed by atoms with Crippen LogP contribution >= 0.6 is 12.6 Å². The van der Waals surface area contributed by atoms with Gasteiger partial charge in [-0.25, -0.2) is 4.74 Å². The van der Waals surface area contributed by atoms with Crippen LogP contribution in [0, 0.1) is 5.21 Å². The lowest BCUT2D eigenvalue weighted by Gasteiger charge is -2.18. The van der Waals surface area contributed by atoms with Crippen LogP contribution in [0.2, 0.25) is 0 Å². The zero-order valence-corrected chi connectivity index (χ0v) is 9.58. The Balaban J connectivity index is 3.04. The predicted octanol–water partition coefficient (Wildman–Crippen LogP) is 2.70. The topological polar surface area (TPSA) is 26.1 Å². The molecule has 0 bridgehead atoms. The lowest BCUT2D eigenvalue weighted by Crippen LogP contribution is -2.29. The molecule has 0 saturated carbocycles. The van der Waals surface area contributed by atoms with E-state index in [0.717, 1.165) is 15.2 Å². The summed E-state index contributed by atoms with van der Waals surface area (Å²) in [6, 6.07) is 7.53. The monoisotopic (exact) mass is 209 g/mol. The van der Waals surface area contributed by atoms with E-state index in [9.17, 15) is 5.21 Å². The fraction of sp³-hybridized carbons (Fsp3) is 0.364. The Labute approximate surface area is 90.3 Å². The molecule has 0 spiro atoms. The molecular weight excluding hydrogens is 194 g/mol. The van der Waals surface area contributed by atoms with Crippen molar-refractivity contribution in [3.8, 4) is 0 Å². The summed E-state index contributed by atoms with van der Waals surface area (Å²) in [5.74, 6) is 0. The first kappa shape index (κ1) is 11.1. The first-order chi connectivity index (χ1) is 6.41. The van der Waals surface area contributed by atoms with Crippen molar-refractivity contribution >= 4 is 18.8 Å². The van der Waals surface area contributed by atoms with Crippen LogP contribution in [-0.2, 0) is 0 Å². The largest absolute Gasteiger partial charge is 0.623 e. The van der Waals surface area contributed by atoms with Gasteiger partial charge >= 0.3 is 0 Å². The minimum absolute atomic E-state index is 0.407. The molecule has 0 aromatic heterocycles. The molecule has 0 unspecified atom stereocenters. The lowest BCUT2D eigenvalue weighted by molar-refractivity contribution is -0.530. The number of thiol groups is 1. The van der Waals surface area contributed by atoms with Gasteiger partial charge in [0.25, 0.3) is 0 Å². The molecule has 1 rings (SSSR count). The number of hydrogen-bond acceptors (Lipinski definition) is 2. The maximum absolute atomic E-state index is 11.6. The van der Waals surface area contributed by atoms with Gasteiger partial charge in [-0.2, -0.15) is 0 Å². The van der Waals surface area contributed by atoms with Gasteiger partial charge in [0.05, 0.1) is 5.56 Å². The minimum atomic E-state index is -0.407. The van der Waals surface area contributed by atoms with Crippen molar-refractivity contribution < 1.29 is 4.74 Å². The zero-order valence-electron chi connectivity index (χ0n) is 8.69. The van der Waals surface area contributed by atoms with Crippen LogP contribution < -0.4 is 0 Å². The van der Waals surface area contributed by atoms with E-state index in [1.165, 1.54) is 0 Å². The summed E-state index contributed by atoms with van der Waals surface area (Å²) in [5, 5.41) is 11.6. The highest BCUT2D eigenvalue weighted by Gasteiger charge is 2.18. The Morgan fingerprint density at radius 3 is 2.36 bits per heavy atom. The summed E-state index contributed by atoms with van der Waals surface area (Å²) in [6.07, 6.45) is 1.57. The van der Waals surface area contributed by atoms with Crippen molar-refractivity contribution in [2.45, 2.75) is 31.2 Å². The molecule has 0 N–H and O–H groups in total. The molecule has 0 heterocycles. The van der Waals surface area contributed by atoms with Crippen LogP contribution in [0.15, 0.2) is 29.2 Å². The fourth-order valence-electron chi connectivity index (χ4n) is 0.917. The molecule has 0 fully saturated rings. The average molecular weight is 209 g/mol. The Kier molecular flexibility index (Phi) is 3.21. The highest BCUT2D eigenvalue weighted by Crippen LogP contribution is 2.12. The molecule has 3 heteroatoms. The number of hydrogen-bond donors (Lipinski definition) is 1. The van der Waals surface area contributed by atoms with Gasteiger partial charge in [0.1, 0.15) is 0 Å². The summed E-state index contributed by atoms with van der Waals surface area (Å²) >= 11 is 4.27. The van der Waals surface area contributed by atoms with Crippen molar-refractivity contribution in [3.63, 3.8) is 0 Å². The molecule has 76 valence electrons. The van der Waals surface area contributed by atoms with Crippen molar-refractivity contribution in [1.29, 1.82) is 0 Å².